The zero-order valence-corrected chi connectivity index (χ0v) is 77.8. The number of aliphatic carboxylic acids is 1. The fourth-order valence-electron chi connectivity index (χ4n) is 15.8. The van der Waals surface area contributed by atoms with Crippen molar-refractivity contribution in [2.45, 2.75) is 85.7 Å². The lowest BCUT2D eigenvalue weighted by Gasteiger charge is -2.36. The number of para-hydroxylation sites is 3. The number of aromatic nitrogens is 6. The van der Waals surface area contributed by atoms with Crippen molar-refractivity contribution in [3.8, 4) is 67.7 Å². The first-order valence-corrected chi connectivity index (χ1v) is 43.6. The third kappa shape index (κ3) is 22.6. The number of hydrogen-bond donors (Lipinski definition) is 5. The number of phenols is 3. The molecule has 3 saturated heterocycles. The summed E-state index contributed by atoms with van der Waals surface area (Å²) >= 11 is 20.2. The maximum absolute atomic E-state index is 15.0. The Morgan fingerprint density at radius 1 is 0.454 bits per heavy atom. The summed E-state index contributed by atoms with van der Waals surface area (Å²) in [5, 5.41) is 45.6. The summed E-state index contributed by atoms with van der Waals surface area (Å²) in [6, 6.07) is 45.1. The number of rotatable bonds is 18. The van der Waals surface area contributed by atoms with Gasteiger partial charge < -0.3 is 64.8 Å². The van der Waals surface area contributed by atoms with Crippen LogP contribution in [0, 0.1) is 17.5 Å². The van der Waals surface area contributed by atoms with E-state index in [0.717, 1.165) is 35.9 Å². The van der Waals surface area contributed by atoms with Crippen molar-refractivity contribution in [2.75, 3.05) is 135 Å². The van der Waals surface area contributed by atoms with E-state index in [0.29, 0.717) is 151 Å². The number of carbonyl (C=O) groups excluding carboxylic acids is 2. The zero-order valence-electron chi connectivity index (χ0n) is 74.7. The molecule has 0 spiro atoms. The van der Waals surface area contributed by atoms with E-state index in [2.05, 4.69) is 39.0 Å². The second kappa shape index (κ2) is 43.0. The van der Waals surface area contributed by atoms with Crippen LogP contribution in [0.2, 0.25) is 15.1 Å². The van der Waals surface area contributed by atoms with Crippen LogP contribution in [0.25, 0.3) is 83.2 Å². The van der Waals surface area contributed by atoms with E-state index in [1.165, 1.54) is 63.7 Å². The number of anilines is 3. The van der Waals surface area contributed by atoms with Crippen LogP contribution in [-0.4, -0.2) is 212 Å². The Bertz CT molecular complexity index is 6370. The molecule has 0 atom stereocenters. The second-order valence-corrected chi connectivity index (χ2v) is 35.1. The molecule has 6 heterocycles. The third-order valence-corrected chi connectivity index (χ3v) is 23.0. The van der Waals surface area contributed by atoms with Gasteiger partial charge in [-0.1, -0.05) is 161 Å². The van der Waals surface area contributed by atoms with Gasteiger partial charge in [0, 0.05) is 152 Å². The lowest BCUT2D eigenvalue weighted by Crippen LogP contribution is -2.50. The molecule has 0 bridgehead atoms. The molecule has 3 aliphatic heterocycles. The monoisotopic (exact) mass is 1850 g/mol. The number of nitrogens with one attached hydrogen (secondary N) is 1. The molecule has 684 valence electrons. The number of hydrogen-bond acceptors (Lipinski definition) is 19. The molecule has 3 fully saturated rings. The number of carbonyl (C=O) groups is 3. The number of benzene rings is 9. The quantitative estimate of drug-likeness (QED) is 0.0499. The molecule has 25 nitrogen and oxygen atoms in total. The van der Waals surface area contributed by atoms with E-state index in [-0.39, 0.29) is 96.2 Å². The van der Waals surface area contributed by atoms with E-state index in [1.54, 1.807) is 62.9 Å². The Balaban J connectivity index is 0.000000180. The maximum Gasteiger partial charge on any atom is 0.410 e. The van der Waals surface area contributed by atoms with Gasteiger partial charge in [-0.05, 0) is 174 Å². The minimum Gasteiger partial charge on any atom is -0.507 e. The Hall–Kier alpha value is -12.3. The fraction of sp³-hybridized carbons (Fsp3) is 0.316. The maximum atomic E-state index is 15.0. The number of halogens is 7. The number of nitrogens with zero attached hydrogens (tertiary/aromatic N) is 13. The summed E-state index contributed by atoms with van der Waals surface area (Å²) in [5.41, 5.74) is 5.08. The van der Waals surface area contributed by atoms with Crippen molar-refractivity contribution in [3.63, 3.8) is 0 Å². The predicted molar refractivity (Wildman–Crippen MR) is 515 cm³/mol. The molecule has 15 rings (SSSR count). The Labute approximate surface area is 773 Å². The van der Waals surface area contributed by atoms with Gasteiger partial charge in [0.1, 0.15) is 57.8 Å². The molecule has 12 aromatic rings. The molecule has 0 aliphatic carbocycles. The minimum absolute atomic E-state index is 0. The Morgan fingerprint density at radius 3 is 1.06 bits per heavy atom. The molecule has 2 amide bonds. The summed E-state index contributed by atoms with van der Waals surface area (Å²) in [5.74, 6) is -1.78. The van der Waals surface area contributed by atoms with Crippen molar-refractivity contribution in [1.29, 1.82) is 0 Å². The zero-order chi connectivity index (χ0) is 93.1. The summed E-state index contributed by atoms with van der Waals surface area (Å²) < 4.78 is 55.0. The highest BCUT2D eigenvalue weighted by atomic mass is 35.5. The molecule has 32 heteroatoms. The molecule has 0 saturated carbocycles. The topological polar surface area (TPSA) is 281 Å². The van der Waals surface area contributed by atoms with Crippen LogP contribution in [0.4, 0.5) is 35.4 Å². The van der Waals surface area contributed by atoms with Crippen LogP contribution < -0.4 is 37.1 Å². The highest BCUT2D eigenvalue weighted by molar-refractivity contribution is 6.35. The number of likely N-dealkylation sites (N-methyl/N-ethyl adjacent to an activating group) is 2. The Morgan fingerprint density at radius 2 is 0.762 bits per heavy atom. The average Bonchev–Trinajstić information content (AvgIpc) is 0.748. The lowest BCUT2D eigenvalue weighted by molar-refractivity contribution is -0.131. The van der Waals surface area contributed by atoms with Crippen LogP contribution >= 0.6 is 47.2 Å². The van der Waals surface area contributed by atoms with Gasteiger partial charge in [0.2, 0.25) is 5.91 Å². The van der Waals surface area contributed by atoms with Crippen LogP contribution in [0.1, 0.15) is 96.8 Å². The van der Waals surface area contributed by atoms with E-state index in [1.807, 2.05) is 175 Å². The summed E-state index contributed by atoms with van der Waals surface area (Å²) in [7, 11) is 7.64. The van der Waals surface area contributed by atoms with Gasteiger partial charge >= 0.3 is 29.1 Å². The third-order valence-electron chi connectivity index (χ3n) is 22.1. The van der Waals surface area contributed by atoms with Crippen molar-refractivity contribution >= 4 is 115 Å². The van der Waals surface area contributed by atoms with E-state index < -0.39 is 52.2 Å². The van der Waals surface area contributed by atoms with Crippen LogP contribution in [0.3, 0.4) is 0 Å². The number of amides is 2. The Kier molecular flexibility index (Phi) is 32.5. The van der Waals surface area contributed by atoms with Gasteiger partial charge in [-0.3, -0.25) is 18.5 Å². The number of ether oxygens (including phenoxy) is 1. The molecule has 3 aliphatic rings. The molecular formula is C98H107Cl4F3N14O11. The largest absolute Gasteiger partial charge is 0.507 e. The van der Waals surface area contributed by atoms with Crippen molar-refractivity contribution < 1.29 is 52.7 Å². The molecule has 9 aromatic carbocycles. The highest BCUT2D eigenvalue weighted by Crippen LogP contribution is 2.46. The first kappa shape index (κ1) is 98.3. The first-order valence-electron chi connectivity index (χ1n) is 42.5. The SMILES string of the molecule is CC(C)c1ccccc1-n1c(=O)nc(N2CCN(C(=O)/C=C/CN(C)C)CC2)c2cc(Cl)c(-c3c(O)cccc3F)cc21.CC(C)c1ccccc1-n1c(=O)nc(N2CCN(C(=O)OC(C)(C)C)CC2)c2cc(Cl)c(-c3c(O)cccc3F)cc21.CC(C)c1ccccc1-n1c(=O)nc(N2CCNCC2)c2cc(Cl)c(-c3c(O)cccc3F)cc21.CN(C)C/C=C/C(=O)O.Cl. The molecule has 0 unspecified atom stereocenters. The standard InChI is InChI=1S/C33H35ClFN5O3.C32H34ClFN4O4.C27H26ClFN4O2.C6H11NO2.ClH/c1-21(2)22-9-5-6-11-27(22)40-28-20-23(31-26(35)10-7-12-29(31)41)25(34)19-24(28)32(36-33(40)43)39-17-15-38(16-18-39)30(42)13-8-14-37(3)4;1-19(2)20-9-6-7-11-25(20)38-26-18-21(28-24(34)10-8-12-27(28)39)23(33)17-22(26)29(35-30(38)40)36-13-15-37(16-14-36)31(41)42-32(3,4)5;1-16(2)17-6-3-4-8-22(17)33-23-15-18(25-21(29)7-5-9-24(25)34)20(28)14-19(23)26(31-27(33)35)32-12-10-30-11-13-32;1-7(2)5-3-4-6(8)9;/h5-13,19-21,41H,14-18H2,1-4H3;6-12,17-19,39H,13-16H2,1-5H3;3-9,14-16,30,34H,10-13H2,1-2H3;3-4H,5H2,1-2H3,(H,8,9);1H/b13-8+;;;4-3+;. The van der Waals surface area contributed by atoms with Crippen LogP contribution in [-0.2, 0) is 14.3 Å². The molecule has 130 heavy (non-hydrogen) atoms. The minimum atomic E-state index is -0.892. The first-order chi connectivity index (χ1) is 61.4. The average molecular weight is 1860 g/mol. The fourth-order valence-corrected chi connectivity index (χ4v) is 16.6. The number of piperazine rings is 3. The lowest BCUT2D eigenvalue weighted by atomic mass is 9.99. The number of phenolic OH excluding ortho intramolecular Hbond substituents is 3. The van der Waals surface area contributed by atoms with Gasteiger partial charge in [0.05, 0.1) is 50.3 Å². The van der Waals surface area contributed by atoms with E-state index in [9.17, 15) is 48.5 Å². The number of carboxylic acids is 1. The van der Waals surface area contributed by atoms with Crippen molar-refractivity contribution in [3.05, 3.63) is 269 Å². The smallest absolute Gasteiger partial charge is 0.410 e. The number of carboxylic acid groups (broad SMARTS) is 1. The predicted octanol–water partition coefficient (Wildman–Crippen LogP) is 17.9. The van der Waals surface area contributed by atoms with Crippen LogP contribution in [0.15, 0.2) is 202 Å². The number of fused-ring (bicyclic) bond motifs is 3. The van der Waals surface area contributed by atoms with Gasteiger partial charge in [-0.2, -0.15) is 15.0 Å². The molecule has 0 radical (unpaired) electrons. The molecule has 3 aromatic heterocycles. The van der Waals surface area contributed by atoms with Crippen molar-refractivity contribution in [2.24, 2.45) is 0 Å². The van der Waals surface area contributed by atoms with Gasteiger partial charge in [0.25, 0.3) is 0 Å². The van der Waals surface area contributed by atoms with Gasteiger partial charge in [-0.25, -0.2) is 37.1 Å². The summed E-state index contributed by atoms with van der Waals surface area (Å²) in [4.78, 5) is 103. The van der Waals surface area contributed by atoms with Gasteiger partial charge in [-0.15, -0.1) is 12.4 Å². The van der Waals surface area contributed by atoms with E-state index in [4.69, 9.17) is 44.6 Å². The van der Waals surface area contributed by atoms with Crippen molar-refractivity contribution in [1.82, 2.24) is 53.6 Å². The normalized spacial score (nSPS) is 13.8. The second-order valence-electron chi connectivity index (χ2n) is 33.9. The number of aromatic hydroxyl groups is 3. The summed E-state index contributed by atoms with van der Waals surface area (Å²) in [6.45, 7) is 25.5. The van der Waals surface area contributed by atoms with Crippen LogP contribution in [0.5, 0.6) is 17.2 Å². The highest BCUT2D eigenvalue weighted by Gasteiger charge is 2.33. The summed E-state index contributed by atoms with van der Waals surface area (Å²) in [6.07, 6.45) is 5.78. The van der Waals surface area contributed by atoms with Gasteiger partial charge in [0.15, 0.2) is 0 Å². The molecular weight excluding hydrogens is 1750 g/mol. The van der Waals surface area contributed by atoms with E-state index >= 15 is 8.78 Å². The molecule has 5 N–H and O–H groups in total.